The molecule has 2 aromatic carbocycles. The van der Waals surface area contributed by atoms with Gasteiger partial charge in [-0.1, -0.05) is 31.0 Å². The number of fused-ring (bicyclic) bond motifs is 1. The van der Waals surface area contributed by atoms with Crippen molar-refractivity contribution in [1.29, 1.82) is 0 Å². The van der Waals surface area contributed by atoms with E-state index in [9.17, 15) is 0 Å². The second kappa shape index (κ2) is 6.71. The maximum atomic E-state index is 4.79. The minimum absolute atomic E-state index is 0.521. The van der Waals surface area contributed by atoms with Gasteiger partial charge in [0.1, 0.15) is 5.82 Å². The SMILES string of the molecule is Cc1cc(C)cc(Nc2nc(NC3CCCC3)c3ccccc3n2)c1. The average molecular weight is 332 g/mol. The van der Waals surface area contributed by atoms with Gasteiger partial charge in [0.25, 0.3) is 0 Å². The molecular weight excluding hydrogens is 308 g/mol. The summed E-state index contributed by atoms with van der Waals surface area (Å²) in [5.41, 5.74) is 4.45. The molecule has 0 unspecified atom stereocenters. The van der Waals surface area contributed by atoms with Crippen LogP contribution in [0.25, 0.3) is 10.9 Å². The molecule has 0 bridgehead atoms. The van der Waals surface area contributed by atoms with E-state index in [-0.39, 0.29) is 0 Å². The number of anilines is 3. The van der Waals surface area contributed by atoms with Crippen LogP contribution in [0.15, 0.2) is 42.5 Å². The number of hydrogen-bond donors (Lipinski definition) is 2. The van der Waals surface area contributed by atoms with Gasteiger partial charge in [0.2, 0.25) is 5.95 Å². The molecule has 0 amide bonds. The van der Waals surface area contributed by atoms with Crippen molar-refractivity contribution in [3.63, 3.8) is 0 Å². The molecule has 0 aliphatic heterocycles. The Balaban J connectivity index is 1.70. The first-order valence-corrected chi connectivity index (χ1v) is 9.06. The van der Waals surface area contributed by atoms with Gasteiger partial charge in [-0.3, -0.25) is 0 Å². The smallest absolute Gasteiger partial charge is 0.229 e. The third-order valence-electron chi connectivity index (χ3n) is 4.78. The van der Waals surface area contributed by atoms with Crippen molar-refractivity contribution in [2.45, 2.75) is 45.6 Å². The van der Waals surface area contributed by atoms with Crippen LogP contribution in [-0.2, 0) is 0 Å². The van der Waals surface area contributed by atoms with Crippen LogP contribution < -0.4 is 10.6 Å². The Labute approximate surface area is 148 Å². The van der Waals surface area contributed by atoms with Crippen LogP contribution in [0.1, 0.15) is 36.8 Å². The minimum Gasteiger partial charge on any atom is -0.367 e. The highest BCUT2D eigenvalue weighted by Gasteiger charge is 2.17. The molecule has 4 rings (SSSR count). The molecule has 128 valence electrons. The highest BCUT2D eigenvalue weighted by Crippen LogP contribution is 2.28. The summed E-state index contributed by atoms with van der Waals surface area (Å²) in [4.78, 5) is 9.49. The Hall–Kier alpha value is -2.62. The van der Waals surface area contributed by atoms with Crippen molar-refractivity contribution in [2.75, 3.05) is 10.6 Å². The first-order chi connectivity index (χ1) is 12.2. The summed E-state index contributed by atoms with van der Waals surface area (Å²) in [7, 11) is 0. The lowest BCUT2D eigenvalue weighted by atomic mass is 10.1. The summed E-state index contributed by atoms with van der Waals surface area (Å²) in [6.07, 6.45) is 5.04. The molecule has 4 heteroatoms. The molecule has 1 aromatic heterocycles. The van der Waals surface area contributed by atoms with E-state index in [1.807, 2.05) is 18.2 Å². The minimum atomic E-state index is 0.521. The number of hydrogen-bond acceptors (Lipinski definition) is 4. The monoisotopic (exact) mass is 332 g/mol. The van der Waals surface area contributed by atoms with Crippen LogP contribution in [0.3, 0.4) is 0 Å². The highest BCUT2D eigenvalue weighted by atomic mass is 15.2. The van der Waals surface area contributed by atoms with Gasteiger partial charge in [0.05, 0.1) is 5.52 Å². The lowest BCUT2D eigenvalue weighted by Gasteiger charge is -2.16. The molecule has 1 saturated carbocycles. The van der Waals surface area contributed by atoms with Crippen LogP contribution in [0.4, 0.5) is 17.5 Å². The predicted molar refractivity (Wildman–Crippen MR) is 105 cm³/mol. The molecule has 0 radical (unpaired) electrons. The lowest BCUT2D eigenvalue weighted by molar-refractivity contribution is 0.752. The molecule has 1 aliphatic rings. The Morgan fingerprint density at radius 1 is 0.920 bits per heavy atom. The van der Waals surface area contributed by atoms with E-state index >= 15 is 0 Å². The molecule has 3 aromatic rings. The maximum Gasteiger partial charge on any atom is 0.229 e. The third-order valence-corrected chi connectivity index (χ3v) is 4.78. The number of aromatic nitrogens is 2. The van der Waals surface area contributed by atoms with Crippen LogP contribution in [0.2, 0.25) is 0 Å². The van der Waals surface area contributed by atoms with E-state index in [2.05, 4.69) is 48.7 Å². The van der Waals surface area contributed by atoms with Crippen molar-refractivity contribution < 1.29 is 0 Å². The van der Waals surface area contributed by atoms with Crippen LogP contribution in [0.5, 0.6) is 0 Å². The first kappa shape index (κ1) is 15.9. The zero-order valence-corrected chi connectivity index (χ0v) is 14.8. The van der Waals surface area contributed by atoms with Gasteiger partial charge in [0.15, 0.2) is 0 Å². The Morgan fingerprint density at radius 3 is 2.40 bits per heavy atom. The number of benzene rings is 2. The van der Waals surface area contributed by atoms with E-state index < -0.39 is 0 Å². The number of aryl methyl sites for hydroxylation is 2. The molecule has 0 spiro atoms. The summed E-state index contributed by atoms with van der Waals surface area (Å²) in [5, 5.41) is 8.11. The van der Waals surface area contributed by atoms with Crippen LogP contribution in [-0.4, -0.2) is 16.0 Å². The number of nitrogens with one attached hydrogen (secondary N) is 2. The quantitative estimate of drug-likeness (QED) is 0.676. The third kappa shape index (κ3) is 3.58. The average Bonchev–Trinajstić information content (AvgIpc) is 3.07. The van der Waals surface area contributed by atoms with Crippen molar-refractivity contribution >= 4 is 28.4 Å². The fourth-order valence-corrected chi connectivity index (χ4v) is 3.68. The zero-order valence-electron chi connectivity index (χ0n) is 14.8. The first-order valence-electron chi connectivity index (χ1n) is 9.06. The largest absolute Gasteiger partial charge is 0.367 e. The molecule has 1 fully saturated rings. The summed E-state index contributed by atoms with van der Waals surface area (Å²) < 4.78 is 0. The van der Waals surface area contributed by atoms with Crippen molar-refractivity contribution in [2.24, 2.45) is 0 Å². The van der Waals surface area contributed by atoms with Gasteiger partial charge < -0.3 is 10.6 Å². The molecular formula is C21H24N4. The number of rotatable bonds is 4. The van der Waals surface area contributed by atoms with E-state index in [0.29, 0.717) is 12.0 Å². The second-order valence-electron chi connectivity index (χ2n) is 7.04. The zero-order chi connectivity index (χ0) is 17.2. The van der Waals surface area contributed by atoms with E-state index in [1.165, 1.54) is 36.8 Å². The summed E-state index contributed by atoms with van der Waals surface area (Å²) >= 11 is 0. The molecule has 4 nitrogen and oxygen atoms in total. The second-order valence-corrected chi connectivity index (χ2v) is 7.04. The highest BCUT2D eigenvalue weighted by molar-refractivity contribution is 5.90. The summed E-state index contributed by atoms with van der Waals surface area (Å²) in [6, 6.07) is 15.1. The Kier molecular flexibility index (Phi) is 4.26. The van der Waals surface area contributed by atoms with Crippen molar-refractivity contribution in [1.82, 2.24) is 9.97 Å². The Morgan fingerprint density at radius 2 is 1.64 bits per heavy atom. The standard InChI is InChI=1S/C21H24N4/c1-14-11-15(2)13-17(12-14)23-21-24-19-10-6-5-9-18(19)20(25-21)22-16-7-3-4-8-16/h5-6,9-13,16H,3-4,7-8H2,1-2H3,(H2,22,23,24,25). The molecule has 0 atom stereocenters. The van der Waals surface area contributed by atoms with Gasteiger partial charge in [-0.2, -0.15) is 4.98 Å². The molecule has 2 N–H and O–H groups in total. The van der Waals surface area contributed by atoms with Gasteiger partial charge in [-0.25, -0.2) is 4.98 Å². The van der Waals surface area contributed by atoms with Gasteiger partial charge in [-0.05, 0) is 62.1 Å². The van der Waals surface area contributed by atoms with E-state index in [0.717, 1.165) is 22.4 Å². The number of nitrogens with zero attached hydrogens (tertiary/aromatic N) is 2. The fourth-order valence-electron chi connectivity index (χ4n) is 3.68. The topological polar surface area (TPSA) is 49.8 Å². The molecule has 0 saturated heterocycles. The van der Waals surface area contributed by atoms with E-state index in [1.54, 1.807) is 0 Å². The van der Waals surface area contributed by atoms with Crippen molar-refractivity contribution in [3.8, 4) is 0 Å². The number of para-hydroxylation sites is 1. The normalized spacial score (nSPS) is 14.8. The van der Waals surface area contributed by atoms with Gasteiger partial charge in [0, 0.05) is 17.1 Å². The maximum absolute atomic E-state index is 4.79. The molecule has 25 heavy (non-hydrogen) atoms. The summed E-state index contributed by atoms with van der Waals surface area (Å²) in [5.74, 6) is 1.58. The lowest BCUT2D eigenvalue weighted by Crippen LogP contribution is -2.16. The van der Waals surface area contributed by atoms with E-state index in [4.69, 9.17) is 9.97 Å². The van der Waals surface area contributed by atoms with Crippen LogP contribution >= 0.6 is 0 Å². The van der Waals surface area contributed by atoms with Gasteiger partial charge in [-0.15, -0.1) is 0 Å². The summed E-state index contributed by atoms with van der Waals surface area (Å²) in [6.45, 7) is 4.21. The molecule has 1 aliphatic carbocycles. The fraction of sp³-hybridized carbons (Fsp3) is 0.333. The van der Waals surface area contributed by atoms with Gasteiger partial charge >= 0.3 is 0 Å². The van der Waals surface area contributed by atoms with Crippen LogP contribution in [0, 0.1) is 13.8 Å². The predicted octanol–water partition coefficient (Wildman–Crippen LogP) is 5.34. The van der Waals surface area contributed by atoms with Crippen molar-refractivity contribution in [3.05, 3.63) is 53.6 Å². The molecule has 1 heterocycles. The Bertz CT molecular complexity index is 877.